The fourth-order valence-electron chi connectivity index (χ4n) is 3.55. The van der Waals surface area contributed by atoms with Gasteiger partial charge in [-0.15, -0.1) is 0 Å². The van der Waals surface area contributed by atoms with E-state index in [1.54, 1.807) is 0 Å². The van der Waals surface area contributed by atoms with E-state index in [1.807, 2.05) is 6.20 Å². The molecule has 0 amide bonds. The fraction of sp³-hybridized carbons (Fsp3) is 0.643. The number of anilines is 1. The van der Waals surface area contributed by atoms with Gasteiger partial charge in [0.15, 0.2) is 0 Å². The van der Waals surface area contributed by atoms with Gasteiger partial charge in [-0.2, -0.15) is 0 Å². The largest absolute Gasteiger partial charge is 0.367 e. The SMILES string of the molecule is CC1Nc2ncccc2C1C1CCC(N)CC1. The first-order valence-electron chi connectivity index (χ1n) is 6.72. The van der Waals surface area contributed by atoms with E-state index in [1.165, 1.54) is 31.2 Å². The van der Waals surface area contributed by atoms with Gasteiger partial charge in [-0.05, 0) is 50.2 Å². The van der Waals surface area contributed by atoms with E-state index in [9.17, 15) is 0 Å². The maximum atomic E-state index is 6.00. The first-order valence-corrected chi connectivity index (χ1v) is 6.72. The summed E-state index contributed by atoms with van der Waals surface area (Å²) < 4.78 is 0. The number of hydrogen-bond donors (Lipinski definition) is 2. The molecule has 1 fully saturated rings. The van der Waals surface area contributed by atoms with E-state index in [0.717, 1.165) is 11.7 Å². The number of nitrogens with two attached hydrogens (primary N) is 1. The molecule has 3 rings (SSSR count). The van der Waals surface area contributed by atoms with Crippen LogP contribution in [0.5, 0.6) is 0 Å². The van der Waals surface area contributed by atoms with Crippen LogP contribution < -0.4 is 11.1 Å². The molecule has 1 aromatic rings. The van der Waals surface area contributed by atoms with Crippen LogP contribution in [0.4, 0.5) is 5.82 Å². The van der Waals surface area contributed by atoms with Crippen LogP contribution in [0.3, 0.4) is 0 Å². The minimum Gasteiger partial charge on any atom is -0.367 e. The molecular weight excluding hydrogens is 210 g/mol. The average molecular weight is 231 g/mol. The molecule has 92 valence electrons. The highest BCUT2D eigenvalue weighted by atomic mass is 15.0. The van der Waals surface area contributed by atoms with Crippen LogP contribution >= 0.6 is 0 Å². The summed E-state index contributed by atoms with van der Waals surface area (Å²) in [4.78, 5) is 4.43. The highest BCUT2D eigenvalue weighted by Crippen LogP contribution is 2.44. The van der Waals surface area contributed by atoms with Crippen LogP contribution in [0.25, 0.3) is 0 Å². The number of fused-ring (bicyclic) bond motifs is 1. The van der Waals surface area contributed by atoms with Crippen molar-refractivity contribution in [1.29, 1.82) is 0 Å². The molecule has 2 aliphatic rings. The van der Waals surface area contributed by atoms with E-state index in [2.05, 4.69) is 29.4 Å². The Balaban J connectivity index is 1.83. The summed E-state index contributed by atoms with van der Waals surface area (Å²) in [6.45, 7) is 2.28. The van der Waals surface area contributed by atoms with Gasteiger partial charge in [-0.25, -0.2) is 4.98 Å². The van der Waals surface area contributed by atoms with Gasteiger partial charge in [0, 0.05) is 24.2 Å². The van der Waals surface area contributed by atoms with Crippen molar-refractivity contribution in [3.8, 4) is 0 Å². The monoisotopic (exact) mass is 231 g/mol. The predicted octanol–water partition coefficient (Wildman–Crippen LogP) is 2.50. The highest BCUT2D eigenvalue weighted by Gasteiger charge is 2.36. The minimum atomic E-state index is 0.435. The molecule has 3 N–H and O–H groups in total. The van der Waals surface area contributed by atoms with E-state index >= 15 is 0 Å². The molecule has 0 spiro atoms. The first-order chi connectivity index (χ1) is 8.25. The standard InChI is InChI=1S/C14H21N3/c1-9-13(10-4-6-11(15)7-5-10)12-3-2-8-16-14(12)17-9/h2-3,8-11,13H,4-7,15H2,1H3,(H,16,17). The summed E-state index contributed by atoms with van der Waals surface area (Å²) >= 11 is 0. The second-order valence-electron chi connectivity index (χ2n) is 5.57. The summed E-state index contributed by atoms with van der Waals surface area (Å²) in [6, 6.07) is 5.24. The Morgan fingerprint density at radius 3 is 2.82 bits per heavy atom. The molecule has 1 aromatic heterocycles. The van der Waals surface area contributed by atoms with Gasteiger partial charge in [0.2, 0.25) is 0 Å². The van der Waals surface area contributed by atoms with Crippen LogP contribution in [-0.4, -0.2) is 17.1 Å². The van der Waals surface area contributed by atoms with Crippen molar-refractivity contribution in [2.75, 3.05) is 5.32 Å². The highest BCUT2D eigenvalue weighted by molar-refractivity contribution is 5.53. The lowest BCUT2D eigenvalue weighted by atomic mass is 9.74. The van der Waals surface area contributed by atoms with Gasteiger partial charge in [0.1, 0.15) is 5.82 Å². The normalized spacial score (nSPS) is 36.4. The van der Waals surface area contributed by atoms with Crippen LogP contribution in [0, 0.1) is 5.92 Å². The summed E-state index contributed by atoms with van der Waals surface area (Å²) in [6.07, 6.45) is 6.78. The van der Waals surface area contributed by atoms with Gasteiger partial charge in [-0.1, -0.05) is 6.07 Å². The predicted molar refractivity (Wildman–Crippen MR) is 70.0 cm³/mol. The minimum absolute atomic E-state index is 0.435. The van der Waals surface area contributed by atoms with Crippen molar-refractivity contribution in [2.24, 2.45) is 11.7 Å². The quantitative estimate of drug-likeness (QED) is 0.780. The van der Waals surface area contributed by atoms with Crippen LogP contribution in [0.1, 0.15) is 44.1 Å². The Morgan fingerprint density at radius 1 is 1.29 bits per heavy atom. The number of hydrogen-bond acceptors (Lipinski definition) is 3. The fourth-order valence-corrected chi connectivity index (χ4v) is 3.55. The molecule has 0 bridgehead atoms. The number of nitrogens with zero attached hydrogens (tertiary/aromatic N) is 1. The molecule has 3 heteroatoms. The average Bonchev–Trinajstić information content (AvgIpc) is 2.66. The van der Waals surface area contributed by atoms with Crippen LogP contribution in [0.2, 0.25) is 0 Å². The summed E-state index contributed by atoms with van der Waals surface area (Å²) in [5.41, 5.74) is 7.41. The summed E-state index contributed by atoms with van der Waals surface area (Å²) in [5.74, 6) is 2.51. The Morgan fingerprint density at radius 2 is 2.06 bits per heavy atom. The van der Waals surface area contributed by atoms with Gasteiger partial charge in [0.05, 0.1) is 0 Å². The van der Waals surface area contributed by atoms with Crippen molar-refractivity contribution in [3.05, 3.63) is 23.9 Å². The van der Waals surface area contributed by atoms with Crippen molar-refractivity contribution >= 4 is 5.82 Å². The third-order valence-electron chi connectivity index (χ3n) is 4.43. The first kappa shape index (κ1) is 11.0. The third-order valence-corrected chi connectivity index (χ3v) is 4.43. The number of rotatable bonds is 1. The third kappa shape index (κ3) is 1.93. The second-order valence-corrected chi connectivity index (χ2v) is 5.57. The maximum Gasteiger partial charge on any atom is 0.129 e. The molecular formula is C14H21N3. The van der Waals surface area contributed by atoms with Gasteiger partial charge >= 0.3 is 0 Å². The Labute approximate surface area is 103 Å². The lowest BCUT2D eigenvalue weighted by Crippen LogP contribution is -2.32. The van der Waals surface area contributed by atoms with Gasteiger partial charge < -0.3 is 11.1 Å². The molecule has 17 heavy (non-hydrogen) atoms. The molecule has 2 unspecified atom stereocenters. The zero-order chi connectivity index (χ0) is 11.8. The molecule has 0 aromatic carbocycles. The molecule has 2 heterocycles. The molecule has 2 atom stereocenters. The van der Waals surface area contributed by atoms with E-state index in [4.69, 9.17) is 5.73 Å². The summed E-state index contributed by atoms with van der Waals surface area (Å²) in [5, 5.41) is 3.51. The Kier molecular flexibility index (Phi) is 2.79. The Bertz CT molecular complexity index is 396. The van der Waals surface area contributed by atoms with Gasteiger partial charge in [-0.3, -0.25) is 0 Å². The van der Waals surface area contributed by atoms with Crippen LogP contribution in [-0.2, 0) is 0 Å². The van der Waals surface area contributed by atoms with E-state index in [-0.39, 0.29) is 0 Å². The molecule has 1 aliphatic carbocycles. The van der Waals surface area contributed by atoms with E-state index < -0.39 is 0 Å². The van der Waals surface area contributed by atoms with Gasteiger partial charge in [0.25, 0.3) is 0 Å². The number of nitrogens with one attached hydrogen (secondary N) is 1. The van der Waals surface area contributed by atoms with Crippen LogP contribution in [0.15, 0.2) is 18.3 Å². The molecule has 1 aliphatic heterocycles. The second kappa shape index (κ2) is 4.30. The van der Waals surface area contributed by atoms with Crippen molar-refractivity contribution in [1.82, 2.24) is 4.98 Å². The van der Waals surface area contributed by atoms with Crippen molar-refractivity contribution in [2.45, 2.75) is 50.6 Å². The molecule has 1 saturated carbocycles. The lowest BCUT2D eigenvalue weighted by Gasteiger charge is -2.32. The smallest absolute Gasteiger partial charge is 0.129 e. The molecule has 0 saturated heterocycles. The molecule has 0 radical (unpaired) electrons. The van der Waals surface area contributed by atoms with Crippen molar-refractivity contribution in [3.63, 3.8) is 0 Å². The lowest BCUT2D eigenvalue weighted by molar-refractivity contribution is 0.275. The number of aromatic nitrogens is 1. The Hall–Kier alpha value is -1.09. The number of pyridine rings is 1. The van der Waals surface area contributed by atoms with Crippen molar-refractivity contribution < 1.29 is 0 Å². The molecule has 3 nitrogen and oxygen atoms in total. The maximum absolute atomic E-state index is 6.00. The zero-order valence-corrected chi connectivity index (χ0v) is 10.4. The topological polar surface area (TPSA) is 50.9 Å². The zero-order valence-electron chi connectivity index (χ0n) is 10.4. The van der Waals surface area contributed by atoms with E-state index in [0.29, 0.717) is 18.0 Å². The summed E-state index contributed by atoms with van der Waals surface area (Å²) in [7, 11) is 0.